The molecule has 2 aliphatic rings. The molecule has 25 heavy (non-hydrogen) atoms. The fourth-order valence-corrected chi connectivity index (χ4v) is 3.91. The molecule has 2 aromatic rings. The molecule has 1 aliphatic heterocycles. The first-order valence-electron chi connectivity index (χ1n) is 8.55. The third-order valence-electron chi connectivity index (χ3n) is 5.04. The second-order valence-corrected chi connectivity index (χ2v) is 6.97. The lowest BCUT2D eigenvalue weighted by atomic mass is 9.96. The number of fused-ring (bicyclic) bond motifs is 2. The van der Waals surface area contributed by atoms with E-state index in [9.17, 15) is 4.79 Å². The Labute approximate surface area is 152 Å². The molecule has 1 amide bonds. The van der Waals surface area contributed by atoms with Gasteiger partial charge in [-0.05, 0) is 34.9 Å². The Kier molecular flexibility index (Phi) is 4.32. The predicted molar refractivity (Wildman–Crippen MR) is 100 cm³/mol. The maximum absolute atomic E-state index is 11.6. The van der Waals surface area contributed by atoms with E-state index in [0.29, 0.717) is 0 Å². The summed E-state index contributed by atoms with van der Waals surface area (Å²) in [7, 11) is 0. The van der Waals surface area contributed by atoms with Gasteiger partial charge in [0.2, 0.25) is 5.91 Å². The van der Waals surface area contributed by atoms with Gasteiger partial charge in [0.25, 0.3) is 0 Å². The third-order valence-corrected chi connectivity index (χ3v) is 5.28. The minimum atomic E-state index is 0.0765. The molecular formula is C20H20ClN3O. The molecule has 1 unspecified atom stereocenters. The number of pyridine rings is 1. The van der Waals surface area contributed by atoms with Gasteiger partial charge in [-0.2, -0.15) is 0 Å². The summed E-state index contributed by atoms with van der Waals surface area (Å²) in [5, 5.41) is 0.738. The number of carbonyl (C=O) groups excluding carboxylic acids is 1. The molecule has 128 valence electrons. The quantitative estimate of drug-likeness (QED) is 0.787. The van der Waals surface area contributed by atoms with Crippen molar-refractivity contribution in [1.29, 1.82) is 0 Å². The number of aromatic nitrogens is 1. The summed E-state index contributed by atoms with van der Waals surface area (Å²) >= 11 is 6.22. The SMILES string of the molecule is CC(=O)N1CCN(C2c3ccc(Cl)cc3C=Cc3cccnc32)CC1. The summed E-state index contributed by atoms with van der Waals surface area (Å²) in [6.45, 7) is 4.82. The molecule has 1 fully saturated rings. The van der Waals surface area contributed by atoms with Crippen molar-refractivity contribution in [2.45, 2.75) is 13.0 Å². The molecule has 0 spiro atoms. The second-order valence-electron chi connectivity index (χ2n) is 6.53. The molecular weight excluding hydrogens is 334 g/mol. The number of benzene rings is 1. The Morgan fingerprint density at radius 2 is 1.88 bits per heavy atom. The van der Waals surface area contributed by atoms with Crippen molar-refractivity contribution in [3.63, 3.8) is 0 Å². The molecule has 4 nitrogen and oxygen atoms in total. The highest BCUT2D eigenvalue weighted by Crippen LogP contribution is 2.37. The molecule has 2 heterocycles. The van der Waals surface area contributed by atoms with Crippen molar-refractivity contribution >= 4 is 29.7 Å². The molecule has 5 heteroatoms. The molecule has 0 bridgehead atoms. The minimum Gasteiger partial charge on any atom is -0.340 e. The molecule has 1 aromatic heterocycles. The van der Waals surface area contributed by atoms with Crippen LogP contribution in [0.3, 0.4) is 0 Å². The van der Waals surface area contributed by atoms with Crippen molar-refractivity contribution in [3.05, 3.63) is 63.9 Å². The molecule has 1 atom stereocenters. The lowest BCUT2D eigenvalue weighted by Gasteiger charge is -2.39. The van der Waals surface area contributed by atoms with Crippen molar-refractivity contribution in [2.24, 2.45) is 0 Å². The summed E-state index contributed by atoms with van der Waals surface area (Å²) in [5.41, 5.74) is 4.55. The average Bonchev–Trinajstić information content (AvgIpc) is 2.78. The van der Waals surface area contributed by atoms with Crippen LogP contribution in [0.25, 0.3) is 12.2 Å². The van der Waals surface area contributed by atoms with Crippen molar-refractivity contribution in [1.82, 2.24) is 14.8 Å². The Bertz CT molecular complexity index is 841. The van der Waals surface area contributed by atoms with Crippen LogP contribution < -0.4 is 0 Å². The van der Waals surface area contributed by atoms with E-state index >= 15 is 0 Å². The number of nitrogens with zero attached hydrogens (tertiary/aromatic N) is 3. The van der Waals surface area contributed by atoms with Gasteiger partial charge in [0, 0.05) is 44.3 Å². The molecule has 0 saturated carbocycles. The van der Waals surface area contributed by atoms with Gasteiger partial charge in [0.15, 0.2) is 0 Å². The molecule has 0 radical (unpaired) electrons. The van der Waals surface area contributed by atoms with Gasteiger partial charge in [-0.25, -0.2) is 0 Å². The fourth-order valence-electron chi connectivity index (χ4n) is 3.73. The number of hydrogen-bond donors (Lipinski definition) is 0. The fraction of sp³-hybridized carbons (Fsp3) is 0.300. The first kappa shape index (κ1) is 16.3. The predicted octanol–water partition coefficient (Wildman–Crippen LogP) is 3.47. The van der Waals surface area contributed by atoms with E-state index in [0.717, 1.165) is 48.0 Å². The average molecular weight is 354 g/mol. The second kappa shape index (κ2) is 6.62. The van der Waals surface area contributed by atoms with Crippen molar-refractivity contribution < 1.29 is 4.79 Å². The van der Waals surface area contributed by atoms with E-state index in [4.69, 9.17) is 16.6 Å². The van der Waals surface area contributed by atoms with Gasteiger partial charge in [-0.15, -0.1) is 0 Å². The Balaban J connectivity index is 1.76. The minimum absolute atomic E-state index is 0.0765. The van der Waals surface area contributed by atoms with Crippen LogP contribution in [0.15, 0.2) is 36.5 Å². The lowest BCUT2D eigenvalue weighted by Crippen LogP contribution is -2.49. The van der Waals surface area contributed by atoms with Crippen LogP contribution in [0.1, 0.15) is 35.3 Å². The van der Waals surface area contributed by atoms with Crippen LogP contribution in [0.2, 0.25) is 5.02 Å². The van der Waals surface area contributed by atoms with Crippen molar-refractivity contribution in [3.8, 4) is 0 Å². The van der Waals surface area contributed by atoms with E-state index in [-0.39, 0.29) is 11.9 Å². The summed E-state index contributed by atoms with van der Waals surface area (Å²) in [4.78, 5) is 20.7. The highest BCUT2D eigenvalue weighted by Gasteiger charge is 2.31. The first-order chi connectivity index (χ1) is 12.1. The van der Waals surface area contributed by atoms with Crippen molar-refractivity contribution in [2.75, 3.05) is 26.2 Å². The largest absolute Gasteiger partial charge is 0.340 e. The molecule has 1 aromatic carbocycles. The lowest BCUT2D eigenvalue weighted by molar-refractivity contribution is -0.130. The topological polar surface area (TPSA) is 36.4 Å². The molecule has 1 aliphatic carbocycles. The maximum Gasteiger partial charge on any atom is 0.219 e. The van der Waals surface area contributed by atoms with Gasteiger partial charge >= 0.3 is 0 Å². The maximum atomic E-state index is 11.6. The summed E-state index contributed by atoms with van der Waals surface area (Å²) in [6, 6.07) is 10.2. The Hall–Kier alpha value is -2.17. The van der Waals surface area contributed by atoms with Gasteiger partial charge in [0.1, 0.15) is 0 Å². The van der Waals surface area contributed by atoms with Crippen LogP contribution in [-0.4, -0.2) is 46.9 Å². The number of rotatable bonds is 1. The number of halogens is 1. The Morgan fingerprint density at radius 1 is 1.12 bits per heavy atom. The monoisotopic (exact) mass is 353 g/mol. The number of carbonyl (C=O) groups is 1. The highest BCUT2D eigenvalue weighted by molar-refractivity contribution is 6.30. The van der Waals surface area contributed by atoms with E-state index in [1.807, 2.05) is 29.3 Å². The standard InChI is InChI=1S/C20H20ClN3O/c1-14(25)23-9-11-24(12-10-23)20-18-7-6-17(21)13-16(18)5-4-15-3-2-8-22-19(15)20/h2-8,13,20H,9-12H2,1H3. The van der Waals surface area contributed by atoms with Gasteiger partial charge in [-0.3, -0.25) is 14.7 Å². The van der Waals surface area contributed by atoms with Crippen LogP contribution in [0, 0.1) is 0 Å². The zero-order valence-electron chi connectivity index (χ0n) is 14.2. The third kappa shape index (κ3) is 3.08. The highest BCUT2D eigenvalue weighted by atomic mass is 35.5. The number of amides is 1. The normalized spacial score (nSPS) is 19.9. The molecule has 1 saturated heterocycles. The summed E-state index contributed by atoms with van der Waals surface area (Å²) in [5.74, 6) is 0.146. The Morgan fingerprint density at radius 3 is 2.64 bits per heavy atom. The number of hydrogen-bond acceptors (Lipinski definition) is 3. The molecule has 0 N–H and O–H groups in total. The van der Waals surface area contributed by atoms with Gasteiger partial charge in [0.05, 0.1) is 11.7 Å². The number of piperazine rings is 1. The van der Waals surface area contributed by atoms with E-state index in [1.54, 1.807) is 6.92 Å². The smallest absolute Gasteiger partial charge is 0.219 e. The van der Waals surface area contributed by atoms with E-state index in [1.165, 1.54) is 5.56 Å². The van der Waals surface area contributed by atoms with Gasteiger partial charge in [-0.1, -0.05) is 35.9 Å². The van der Waals surface area contributed by atoms with Crippen LogP contribution in [0.5, 0.6) is 0 Å². The first-order valence-corrected chi connectivity index (χ1v) is 8.93. The van der Waals surface area contributed by atoms with Crippen LogP contribution >= 0.6 is 11.6 Å². The van der Waals surface area contributed by atoms with E-state index < -0.39 is 0 Å². The zero-order chi connectivity index (χ0) is 17.4. The summed E-state index contributed by atoms with van der Waals surface area (Å²) < 4.78 is 0. The molecule has 4 rings (SSSR count). The van der Waals surface area contributed by atoms with Gasteiger partial charge < -0.3 is 4.90 Å². The van der Waals surface area contributed by atoms with Crippen LogP contribution in [-0.2, 0) is 4.79 Å². The zero-order valence-corrected chi connectivity index (χ0v) is 14.9. The van der Waals surface area contributed by atoms with E-state index in [2.05, 4.69) is 29.2 Å². The van der Waals surface area contributed by atoms with Crippen LogP contribution in [0.4, 0.5) is 0 Å². The summed E-state index contributed by atoms with van der Waals surface area (Å²) in [6.07, 6.45) is 6.09.